The van der Waals surface area contributed by atoms with Gasteiger partial charge in [0.2, 0.25) is 11.7 Å². The zero-order valence-corrected chi connectivity index (χ0v) is 13.5. The van der Waals surface area contributed by atoms with E-state index in [-0.39, 0.29) is 12.3 Å². The van der Waals surface area contributed by atoms with Crippen molar-refractivity contribution >= 4 is 11.9 Å². The number of amides is 1. The number of ether oxygens (including phenoxy) is 1. The third kappa shape index (κ3) is 5.17. The van der Waals surface area contributed by atoms with Crippen molar-refractivity contribution in [3.8, 4) is 0 Å². The molecule has 24 heavy (non-hydrogen) atoms. The van der Waals surface area contributed by atoms with E-state index in [0.29, 0.717) is 6.42 Å². The third-order valence-corrected chi connectivity index (χ3v) is 3.92. The number of aliphatic carboxylic acids is 1. The first kappa shape index (κ1) is 20.4. The molecule has 0 aliphatic carbocycles. The minimum Gasteiger partial charge on any atom is -0.481 e. The third-order valence-electron chi connectivity index (χ3n) is 3.92. The van der Waals surface area contributed by atoms with Gasteiger partial charge in [-0.05, 0) is 12.5 Å². The molecule has 0 bridgehead atoms. The smallest absolute Gasteiger partial charge is 0.370 e. The summed E-state index contributed by atoms with van der Waals surface area (Å²) in [5, 5.41) is 50.2. The van der Waals surface area contributed by atoms with Gasteiger partial charge in [0.15, 0.2) is 0 Å². The molecule has 0 saturated carbocycles. The van der Waals surface area contributed by atoms with Gasteiger partial charge in [0.1, 0.15) is 6.10 Å². The lowest BCUT2D eigenvalue weighted by Crippen LogP contribution is -2.58. The van der Waals surface area contributed by atoms with Crippen LogP contribution in [-0.4, -0.2) is 75.0 Å². The molecule has 0 fully saturated rings. The lowest BCUT2D eigenvalue weighted by Gasteiger charge is -2.39. The predicted octanol–water partition coefficient (Wildman–Crippen LogP) is -1.65. The fraction of sp³-hybridized carbons (Fsp3) is 0.733. The Labute approximate surface area is 139 Å². The normalized spacial score (nSPS) is 26.0. The summed E-state index contributed by atoms with van der Waals surface area (Å²) in [5.74, 6) is -3.43. The topological polar surface area (TPSA) is 157 Å². The van der Waals surface area contributed by atoms with Gasteiger partial charge in [-0.3, -0.25) is 4.79 Å². The number of carbonyl (C=O) groups excluding carboxylic acids is 1. The van der Waals surface area contributed by atoms with Crippen LogP contribution in [0.4, 0.5) is 0 Å². The van der Waals surface area contributed by atoms with Crippen LogP contribution in [0.5, 0.6) is 0 Å². The largest absolute Gasteiger partial charge is 0.481 e. The summed E-state index contributed by atoms with van der Waals surface area (Å²) in [6, 6.07) is -1.06. The predicted molar refractivity (Wildman–Crippen MR) is 81.7 cm³/mol. The van der Waals surface area contributed by atoms with Gasteiger partial charge in [0, 0.05) is 12.3 Å². The summed E-state index contributed by atoms with van der Waals surface area (Å²) >= 11 is 0. The van der Waals surface area contributed by atoms with Crippen LogP contribution in [0.25, 0.3) is 0 Å². The molecule has 9 nitrogen and oxygen atoms in total. The first-order chi connectivity index (χ1) is 11.3. The van der Waals surface area contributed by atoms with Crippen LogP contribution in [-0.2, 0) is 14.3 Å². The maximum Gasteiger partial charge on any atom is 0.370 e. The summed E-state index contributed by atoms with van der Waals surface area (Å²) in [7, 11) is 0. The number of hydrogen-bond acceptors (Lipinski definition) is 7. The minimum absolute atomic E-state index is 0.217. The maximum absolute atomic E-state index is 11.9. The van der Waals surface area contributed by atoms with Crippen molar-refractivity contribution in [3.05, 3.63) is 11.8 Å². The van der Waals surface area contributed by atoms with E-state index >= 15 is 0 Å². The number of rotatable bonds is 9. The lowest BCUT2D eigenvalue weighted by atomic mass is 9.87. The first-order valence-electron chi connectivity index (χ1n) is 7.84. The van der Waals surface area contributed by atoms with Gasteiger partial charge >= 0.3 is 5.97 Å². The van der Waals surface area contributed by atoms with Crippen molar-refractivity contribution in [3.63, 3.8) is 0 Å². The number of nitrogens with one attached hydrogen (secondary N) is 1. The molecule has 138 valence electrons. The van der Waals surface area contributed by atoms with E-state index in [1.807, 2.05) is 6.92 Å². The molecular formula is C15H25NO8. The Bertz CT molecular complexity index is 466. The second kappa shape index (κ2) is 9.58. The number of carboxylic acid groups (broad SMARTS) is 1. The molecule has 5 atom stereocenters. The maximum atomic E-state index is 11.9. The summed E-state index contributed by atoms with van der Waals surface area (Å²) in [6.07, 6.45) is -1.40. The van der Waals surface area contributed by atoms with Crippen LogP contribution < -0.4 is 5.32 Å². The van der Waals surface area contributed by atoms with E-state index < -0.39 is 55.2 Å². The van der Waals surface area contributed by atoms with Crippen LogP contribution in [0, 0.1) is 5.92 Å². The molecule has 0 saturated heterocycles. The summed E-state index contributed by atoms with van der Waals surface area (Å²) in [5.41, 5.74) is 0. The molecule has 0 aromatic rings. The second-order valence-corrected chi connectivity index (χ2v) is 5.70. The molecule has 1 aliphatic heterocycles. The van der Waals surface area contributed by atoms with Gasteiger partial charge in [-0.25, -0.2) is 4.79 Å². The van der Waals surface area contributed by atoms with Gasteiger partial charge < -0.3 is 35.6 Å². The average Bonchev–Trinajstić information content (AvgIpc) is 2.55. The Morgan fingerprint density at radius 1 is 1.33 bits per heavy atom. The Morgan fingerprint density at radius 3 is 2.50 bits per heavy atom. The summed E-state index contributed by atoms with van der Waals surface area (Å²) < 4.78 is 5.27. The molecule has 0 aromatic carbocycles. The molecule has 0 aromatic heterocycles. The molecule has 1 heterocycles. The van der Waals surface area contributed by atoms with Gasteiger partial charge in [-0.15, -0.1) is 0 Å². The Hall–Kier alpha value is -1.68. The summed E-state index contributed by atoms with van der Waals surface area (Å²) in [6.45, 7) is 0.590. The van der Waals surface area contributed by atoms with E-state index in [1.54, 1.807) is 0 Å². The molecular weight excluding hydrogens is 322 g/mol. The van der Waals surface area contributed by atoms with Crippen LogP contribution in [0.3, 0.4) is 0 Å². The van der Waals surface area contributed by atoms with Crippen molar-refractivity contribution < 1.29 is 39.9 Å². The zero-order chi connectivity index (χ0) is 18.3. The Balaban J connectivity index is 3.04. The monoisotopic (exact) mass is 347 g/mol. The van der Waals surface area contributed by atoms with Crippen LogP contribution in [0.15, 0.2) is 11.8 Å². The quantitative estimate of drug-likeness (QED) is 0.290. The molecule has 0 radical (unpaired) electrons. The van der Waals surface area contributed by atoms with E-state index in [0.717, 1.165) is 12.5 Å². The van der Waals surface area contributed by atoms with E-state index in [1.165, 1.54) is 0 Å². The van der Waals surface area contributed by atoms with Crippen molar-refractivity contribution in [2.75, 3.05) is 13.2 Å². The number of carboxylic acids is 1. The molecule has 1 rings (SSSR count). The molecule has 0 spiro atoms. The summed E-state index contributed by atoms with van der Waals surface area (Å²) in [4.78, 5) is 23.0. The SMILES string of the molecule is CCCCC(=O)N[C@@H]1C(O)C=C(C(=O)O)OC1C(CO)C(O)CO. The molecule has 1 aliphatic rings. The zero-order valence-electron chi connectivity index (χ0n) is 13.5. The standard InChI is InChI=1S/C15H25NO8/c1-2-3-4-12(21)16-13-9(19)5-11(15(22)23)24-14(13)8(6-17)10(20)7-18/h5,8-10,13-14,17-20H,2-4,6-7H2,1H3,(H,16,21)(H,22,23)/t8?,9?,10?,13-,14?/m1/s1. The average molecular weight is 347 g/mol. The fourth-order valence-electron chi connectivity index (χ4n) is 2.53. The van der Waals surface area contributed by atoms with Crippen molar-refractivity contribution in [2.24, 2.45) is 5.92 Å². The number of aliphatic hydroxyl groups is 4. The number of unbranched alkanes of at least 4 members (excludes halogenated alkanes) is 1. The van der Waals surface area contributed by atoms with Crippen LogP contribution in [0.2, 0.25) is 0 Å². The Kier molecular flexibility index (Phi) is 8.13. The first-order valence-corrected chi connectivity index (χ1v) is 7.84. The van der Waals surface area contributed by atoms with Crippen molar-refractivity contribution in [2.45, 2.75) is 50.5 Å². The van der Waals surface area contributed by atoms with Crippen LogP contribution >= 0.6 is 0 Å². The molecule has 4 unspecified atom stereocenters. The number of carbonyl (C=O) groups is 2. The van der Waals surface area contributed by atoms with E-state index in [9.17, 15) is 24.9 Å². The highest BCUT2D eigenvalue weighted by Crippen LogP contribution is 2.26. The number of hydrogen-bond donors (Lipinski definition) is 6. The highest BCUT2D eigenvalue weighted by molar-refractivity contribution is 5.84. The second-order valence-electron chi connectivity index (χ2n) is 5.70. The highest BCUT2D eigenvalue weighted by Gasteiger charge is 2.43. The molecule has 6 N–H and O–H groups in total. The fourth-order valence-corrected chi connectivity index (χ4v) is 2.53. The van der Waals surface area contributed by atoms with Gasteiger partial charge in [0.05, 0.1) is 31.5 Å². The molecule has 9 heteroatoms. The lowest BCUT2D eigenvalue weighted by molar-refractivity contribution is -0.145. The van der Waals surface area contributed by atoms with E-state index in [2.05, 4.69) is 5.32 Å². The molecule has 1 amide bonds. The van der Waals surface area contributed by atoms with Gasteiger partial charge in [0.25, 0.3) is 0 Å². The van der Waals surface area contributed by atoms with Crippen molar-refractivity contribution in [1.29, 1.82) is 0 Å². The Morgan fingerprint density at radius 2 is 2.00 bits per heavy atom. The van der Waals surface area contributed by atoms with Gasteiger partial charge in [-0.2, -0.15) is 0 Å². The van der Waals surface area contributed by atoms with Crippen molar-refractivity contribution in [1.82, 2.24) is 5.32 Å². The van der Waals surface area contributed by atoms with Gasteiger partial charge in [-0.1, -0.05) is 13.3 Å². The van der Waals surface area contributed by atoms with Crippen LogP contribution in [0.1, 0.15) is 26.2 Å². The minimum atomic E-state index is -1.43. The van der Waals surface area contributed by atoms with E-state index in [4.69, 9.17) is 14.9 Å². The number of aliphatic hydroxyl groups excluding tert-OH is 4. The highest BCUT2D eigenvalue weighted by atomic mass is 16.5.